The van der Waals surface area contributed by atoms with Crippen molar-refractivity contribution in [2.75, 3.05) is 0 Å². The molecule has 62 valence electrons. The van der Waals surface area contributed by atoms with Gasteiger partial charge in [0.25, 0.3) is 5.78 Å². The fourth-order valence-corrected chi connectivity index (χ4v) is 0.363. The normalized spacial score (nSPS) is 11.7. The van der Waals surface area contributed by atoms with Gasteiger partial charge in [-0.3, -0.25) is 4.79 Å². The van der Waals surface area contributed by atoms with E-state index in [1.54, 1.807) is 13.8 Å². The lowest BCUT2D eigenvalue weighted by Crippen LogP contribution is -2.10. The van der Waals surface area contributed by atoms with Gasteiger partial charge in [-0.2, -0.15) is 0 Å². The average Bonchev–Trinajstić information content (AvgIpc) is 1.87. The number of aliphatic carboxylic acids is 1. The van der Waals surface area contributed by atoms with Crippen LogP contribution in [0, 0.1) is 5.92 Å². The maximum absolute atomic E-state index is 10.4. The van der Waals surface area contributed by atoms with E-state index in [2.05, 4.69) is 0 Å². The predicted octanol–water partition coefficient (Wildman–Crippen LogP) is 0.738. The maximum atomic E-state index is 10.4. The molecule has 0 spiro atoms. The zero-order chi connectivity index (χ0) is 9.02. The van der Waals surface area contributed by atoms with Gasteiger partial charge in [-0.05, 0) is 0 Å². The Kier molecular flexibility index (Phi) is 3.30. The van der Waals surface area contributed by atoms with Crippen LogP contribution in [0.2, 0.25) is 0 Å². The first-order valence-electron chi connectivity index (χ1n) is 3.13. The molecule has 11 heavy (non-hydrogen) atoms. The number of carbonyl (C=O) groups excluding carboxylic acids is 1. The number of carbonyl (C=O) groups is 2. The van der Waals surface area contributed by atoms with Crippen molar-refractivity contribution < 1.29 is 19.8 Å². The number of hydrogen-bond donors (Lipinski definition) is 2. The maximum Gasteiger partial charge on any atom is 0.376 e. The van der Waals surface area contributed by atoms with Gasteiger partial charge in [-0.1, -0.05) is 13.8 Å². The largest absolute Gasteiger partial charge is 0.512 e. The molecule has 2 N–H and O–H groups in total. The molecule has 0 radical (unpaired) electrons. The van der Waals surface area contributed by atoms with E-state index in [-0.39, 0.29) is 11.7 Å². The molecule has 4 heteroatoms. The van der Waals surface area contributed by atoms with Gasteiger partial charge >= 0.3 is 5.97 Å². The van der Waals surface area contributed by atoms with Crippen molar-refractivity contribution in [1.29, 1.82) is 0 Å². The van der Waals surface area contributed by atoms with Gasteiger partial charge in [0.1, 0.15) is 0 Å². The third-order valence-electron chi connectivity index (χ3n) is 1.08. The molecular formula is C7H10O4. The highest BCUT2D eigenvalue weighted by atomic mass is 16.4. The second-order valence-corrected chi connectivity index (χ2v) is 2.39. The second kappa shape index (κ2) is 3.75. The molecule has 0 rings (SSSR count). The summed E-state index contributed by atoms with van der Waals surface area (Å²) in [5.41, 5.74) is 0. The van der Waals surface area contributed by atoms with E-state index in [4.69, 9.17) is 10.2 Å². The molecule has 4 nitrogen and oxygen atoms in total. The highest BCUT2D eigenvalue weighted by Gasteiger charge is 2.10. The smallest absolute Gasteiger partial charge is 0.376 e. The average molecular weight is 158 g/mol. The Labute approximate surface area is 64.2 Å². The number of rotatable bonds is 3. The van der Waals surface area contributed by atoms with Gasteiger partial charge in [0, 0.05) is 12.0 Å². The summed E-state index contributed by atoms with van der Waals surface area (Å²) < 4.78 is 0. The van der Waals surface area contributed by atoms with Crippen LogP contribution in [-0.2, 0) is 9.59 Å². The first-order valence-corrected chi connectivity index (χ1v) is 3.13. The highest BCUT2D eigenvalue weighted by molar-refractivity contribution is 6.37. The summed E-state index contributed by atoms with van der Waals surface area (Å²) in [6, 6.07) is 0. The van der Waals surface area contributed by atoms with Crippen LogP contribution in [0.3, 0.4) is 0 Å². The van der Waals surface area contributed by atoms with E-state index >= 15 is 0 Å². The lowest BCUT2D eigenvalue weighted by Gasteiger charge is -2.00. The van der Waals surface area contributed by atoms with Gasteiger partial charge in [-0.15, -0.1) is 0 Å². The van der Waals surface area contributed by atoms with Gasteiger partial charge < -0.3 is 10.2 Å². The van der Waals surface area contributed by atoms with Crippen molar-refractivity contribution >= 4 is 11.8 Å². The Balaban J connectivity index is 4.32. The Hall–Kier alpha value is -1.32. The fourth-order valence-electron chi connectivity index (χ4n) is 0.363. The van der Waals surface area contributed by atoms with E-state index in [9.17, 15) is 9.59 Å². The molecule has 0 aliphatic heterocycles. The Morgan fingerprint density at radius 1 is 1.27 bits per heavy atom. The van der Waals surface area contributed by atoms with Crippen LogP contribution in [0.5, 0.6) is 0 Å². The SMILES string of the molecule is CC(C)/C(O)=C\C(=O)C(=O)O. The first-order chi connectivity index (χ1) is 4.95. The van der Waals surface area contributed by atoms with Crippen molar-refractivity contribution in [2.45, 2.75) is 13.8 Å². The first kappa shape index (κ1) is 9.68. The summed E-state index contributed by atoms with van der Waals surface area (Å²) in [5, 5.41) is 17.0. The number of carboxylic acid groups (broad SMARTS) is 1. The Morgan fingerprint density at radius 2 is 1.73 bits per heavy atom. The number of hydrogen-bond acceptors (Lipinski definition) is 3. The highest BCUT2D eigenvalue weighted by Crippen LogP contribution is 2.04. The summed E-state index contributed by atoms with van der Waals surface area (Å²) in [5.74, 6) is -3.09. The second-order valence-electron chi connectivity index (χ2n) is 2.39. The van der Waals surface area contributed by atoms with E-state index in [1.165, 1.54) is 0 Å². The minimum atomic E-state index is -1.56. The van der Waals surface area contributed by atoms with Crippen LogP contribution in [0.15, 0.2) is 11.8 Å². The number of aliphatic hydroxyl groups excluding tert-OH is 1. The molecule has 0 aromatic rings. The summed E-state index contributed by atoms with van der Waals surface area (Å²) in [6.07, 6.45) is 0.715. The predicted molar refractivity (Wildman–Crippen MR) is 38.2 cm³/mol. The van der Waals surface area contributed by atoms with Crippen LogP contribution in [0.25, 0.3) is 0 Å². The molecule has 0 heterocycles. The molecule has 0 fully saturated rings. The zero-order valence-corrected chi connectivity index (χ0v) is 6.37. The van der Waals surface area contributed by atoms with Crippen LogP contribution < -0.4 is 0 Å². The Bertz CT molecular complexity index is 202. The quantitative estimate of drug-likeness (QED) is 0.361. The van der Waals surface area contributed by atoms with E-state index in [0.717, 1.165) is 0 Å². The minimum absolute atomic E-state index is 0.211. The lowest BCUT2D eigenvalue weighted by molar-refractivity contribution is -0.146. The zero-order valence-electron chi connectivity index (χ0n) is 6.37. The third-order valence-corrected chi connectivity index (χ3v) is 1.08. The molecule has 0 unspecified atom stereocenters. The fraction of sp³-hybridized carbons (Fsp3) is 0.429. The summed E-state index contributed by atoms with van der Waals surface area (Å²) >= 11 is 0. The van der Waals surface area contributed by atoms with E-state index in [1.807, 2.05) is 0 Å². The van der Waals surface area contributed by atoms with Crippen LogP contribution in [0.1, 0.15) is 13.8 Å². The van der Waals surface area contributed by atoms with Crippen LogP contribution >= 0.6 is 0 Å². The molecule has 0 bridgehead atoms. The molecule has 0 atom stereocenters. The minimum Gasteiger partial charge on any atom is -0.512 e. The third kappa shape index (κ3) is 3.40. The number of carboxylic acids is 1. The lowest BCUT2D eigenvalue weighted by atomic mass is 10.1. The van der Waals surface area contributed by atoms with Crippen molar-refractivity contribution in [3.63, 3.8) is 0 Å². The standard InChI is InChI=1S/C7H10O4/c1-4(2)5(8)3-6(9)7(10)11/h3-4,8H,1-2H3,(H,10,11)/b5-3+. The van der Waals surface area contributed by atoms with Crippen LogP contribution in [-0.4, -0.2) is 22.0 Å². The molecule has 0 saturated carbocycles. The topological polar surface area (TPSA) is 74.6 Å². The molecule has 0 aliphatic carbocycles. The number of ketones is 1. The van der Waals surface area contributed by atoms with E-state index in [0.29, 0.717) is 6.08 Å². The van der Waals surface area contributed by atoms with Gasteiger partial charge in [-0.25, -0.2) is 4.79 Å². The van der Waals surface area contributed by atoms with Gasteiger partial charge in [0.2, 0.25) is 0 Å². The van der Waals surface area contributed by atoms with Crippen molar-refractivity contribution in [3.05, 3.63) is 11.8 Å². The van der Waals surface area contributed by atoms with Crippen LogP contribution in [0.4, 0.5) is 0 Å². The van der Waals surface area contributed by atoms with Gasteiger partial charge in [0.05, 0.1) is 5.76 Å². The molecule has 0 amide bonds. The number of aliphatic hydroxyl groups is 1. The van der Waals surface area contributed by atoms with Crippen molar-refractivity contribution in [2.24, 2.45) is 5.92 Å². The molecule has 0 aliphatic rings. The number of allylic oxidation sites excluding steroid dienone is 1. The monoisotopic (exact) mass is 158 g/mol. The van der Waals surface area contributed by atoms with Crippen molar-refractivity contribution in [3.8, 4) is 0 Å². The molecule has 0 saturated heterocycles. The Morgan fingerprint density at radius 3 is 2.00 bits per heavy atom. The summed E-state index contributed by atoms with van der Waals surface area (Å²) in [6.45, 7) is 3.31. The summed E-state index contributed by atoms with van der Waals surface area (Å²) in [7, 11) is 0. The molecule has 0 aromatic carbocycles. The van der Waals surface area contributed by atoms with E-state index < -0.39 is 11.8 Å². The summed E-state index contributed by atoms with van der Waals surface area (Å²) in [4.78, 5) is 20.4. The molecule has 0 aromatic heterocycles. The van der Waals surface area contributed by atoms with Crippen molar-refractivity contribution in [1.82, 2.24) is 0 Å². The molecular weight excluding hydrogens is 148 g/mol. The van der Waals surface area contributed by atoms with Gasteiger partial charge in [0.15, 0.2) is 0 Å².